The summed E-state index contributed by atoms with van der Waals surface area (Å²) >= 11 is 5.89. The van der Waals surface area contributed by atoms with Gasteiger partial charge in [0.1, 0.15) is 5.75 Å². The molecule has 0 radical (unpaired) electrons. The fourth-order valence-electron chi connectivity index (χ4n) is 3.37. The highest BCUT2D eigenvalue weighted by Crippen LogP contribution is 2.31. The van der Waals surface area contributed by atoms with Crippen molar-refractivity contribution < 1.29 is 9.90 Å². The summed E-state index contributed by atoms with van der Waals surface area (Å²) in [4.78, 5) is 16.6. The molecular formula is C24H19ClN2O2. The Balaban J connectivity index is 1.56. The molecule has 0 saturated heterocycles. The van der Waals surface area contributed by atoms with E-state index in [2.05, 4.69) is 10.3 Å². The summed E-state index contributed by atoms with van der Waals surface area (Å²) in [6, 6.07) is 20.4. The Morgan fingerprint density at radius 2 is 1.83 bits per heavy atom. The zero-order valence-electron chi connectivity index (χ0n) is 15.6. The van der Waals surface area contributed by atoms with Crippen LogP contribution in [0.15, 0.2) is 79.1 Å². The van der Waals surface area contributed by atoms with Gasteiger partial charge in [-0.05, 0) is 58.0 Å². The number of halogens is 1. The lowest BCUT2D eigenvalue weighted by atomic mass is 9.96. The molecule has 5 heteroatoms. The summed E-state index contributed by atoms with van der Waals surface area (Å²) in [5, 5.41) is 15.4. The summed E-state index contributed by atoms with van der Waals surface area (Å²) in [6.45, 7) is 0.412. The second-order valence-electron chi connectivity index (χ2n) is 6.82. The van der Waals surface area contributed by atoms with Gasteiger partial charge in [-0.2, -0.15) is 0 Å². The van der Waals surface area contributed by atoms with Crippen molar-refractivity contribution in [1.29, 1.82) is 0 Å². The van der Waals surface area contributed by atoms with Crippen molar-refractivity contribution in [2.75, 3.05) is 0 Å². The lowest BCUT2D eigenvalue weighted by molar-refractivity contribution is -0.120. The first-order chi connectivity index (χ1) is 14.1. The number of carbonyl (C=O) groups is 1. The zero-order chi connectivity index (χ0) is 20.2. The number of phenols is 1. The summed E-state index contributed by atoms with van der Waals surface area (Å²) < 4.78 is 0. The number of phenolic OH excluding ortho intramolecular Hbond substituents is 1. The molecule has 29 heavy (non-hydrogen) atoms. The molecule has 1 heterocycles. The van der Waals surface area contributed by atoms with Crippen LogP contribution in [0.3, 0.4) is 0 Å². The van der Waals surface area contributed by atoms with Crippen LogP contribution in [0.2, 0.25) is 5.02 Å². The molecule has 4 rings (SSSR count). The van der Waals surface area contributed by atoms with E-state index in [1.165, 1.54) is 0 Å². The van der Waals surface area contributed by atoms with Gasteiger partial charge in [-0.1, -0.05) is 48.0 Å². The van der Waals surface area contributed by atoms with Gasteiger partial charge < -0.3 is 10.4 Å². The van der Waals surface area contributed by atoms with Crippen LogP contribution in [-0.4, -0.2) is 16.0 Å². The van der Waals surface area contributed by atoms with Gasteiger partial charge in [-0.15, -0.1) is 0 Å². The molecule has 0 saturated carbocycles. The Bertz CT molecular complexity index is 1170. The Labute approximate surface area is 173 Å². The van der Waals surface area contributed by atoms with Crippen LogP contribution in [-0.2, 0) is 17.8 Å². The third-order valence-corrected chi connectivity index (χ3v) is 5.07. The number of nitrogens with one attached hydrogen (secondary N) is 1. The summed E-state index contributed by atoms with van der Waals surface area (Å²) in [5.41, 5.74) is 3.84. The molecule has 4 nitrogen and oxygen atoms in total. The predicted octanol–water partition coefficient (Wildman–Crippen LogP) is 5.12. The summed E-state index contributed by atoms with van der Waals surface area (Å²) in [7, 11) is 0. The molecule has 0 spiro atoms. The number of pyridine rings is 1. The minimum atomic E-state index is -0.0542. The second kappa shape index (κ2) is 8.33. The van der Waals surface area contributed by atoms with Gasteiger partial charge >= 0.3 is 0 Å². The van der Waals surface area contributed by atoms with Gasteiger partial charge in [0.05, 0.1) is 6.42 Å². The van der Waals surface area contributed by atoms with Crippen LogP contribution >= 0.6 is 11.6 Å². The molecular weight excluding hydrogens is 384 g/mol. The number of carbonyl (C=O) groups excluding carboxylic acids is 1. The van der Waals surface area contributed by atoms with E-state index in [0.717, 1.165) is 33.0 Å². The molecule has 0 aliphatic rings. The van der Waals surface area contributed by atoms with E-state index in [4.69, 9.17) is 11.6 Å². The minimum Gasteiger partial charge on any atom is -0.508 e. The van der Waals surface area contributed by atoms with Crippen molar-refractivity contribution in [3.8, 4) is 16.9 Å². The molecule has 0 bridgehead atoms. The van der Waals surface area contributed by atoms with Gasteiger partial charge in [-0.3, -0.25) is 9.78 Å². The zero-order valence-corrected chi connectivity index (χ0v) is 16.4. The number of amides is 1. The van der Waals surface area contributed by atoms with Crippen LogP contribution in [0.4, 0.5) is 0 Å². The maximum atomic E-state index is 12.3. The van der Waals surface area contributed by atoms with E-state index in [0.29, 0.717) is 18.0 Å². The number of fused-ring (bicyclic) bond motifs is 1. The normalized spacial score (nSPS) is 10.8. The standard InChI is InChI=1S/C24H19ClN2O2/c25-19-7-4-16(5-8-19)12-24(29)27-14-18-6-9-21(17-2-1-3-20(28)13-17)22-10-11-26-15-23(18)22/h1-11,13,15,28H,12,14H2,(H,27,29). The van der Waals surface area contributed by atoms with Crippen molar-refractivity contribution in [3.05, 3.63) is 95.3 Å². The largest absolute Gasteiger partial charge is 0.508 e. The van der Waals surface area contributed by atoms with E-state index < -0.39 is 0 Å². The van der Waals surface area contributed by atoms with Gasteiger partial charge in [0, 0.05) is 29.3 Å². The Morgan fingerprint density at radius 1 is 1.00 bits per heavy atom. The number of nitrogens with zero attached hydrogens (tertiary/aromatic N) is 1. The first kappa shape index (κ1) is 19.0. The van der Waals surface area contributed by atoms with Crippen molar-refractivity contribution in [2.24, 2.45) is 0 Å². The number of hydrogen-bond donors (Lipinski definition) is 2. The Kier molecular flexibility index (Phi) is 5.45. The third kappa shape index (κ3) is 4.39. The molecule has 0 atom stereocenters. The maximum absolute atomic E-state index is 12.3. The molecule has 2 N–H and O–H groups in total. The number of hydrogen-bond acceptors (Lipinski definition) is 3. The lowest BCUT2D eigenvalue weighted by Gasteiger charge is -2.12. The smallest absolute Gasteiger partial charge is 0.224 e. The molecule has 144 valence electrons. The highest BCUT2D eigenvalue weighted by molar-refractivity contribution is 6.30. The first-order valence-corrected chi connectivity index (χ1v) is 9.64. The van der Waals surface area contributed by atoms with E-state index in [-0.39, 0.29) is 11.7 Å². The Hall–Kier alpha value is -3.37. The average molecular weight is 403 g/mol. The molecule has 0 aliphatic carbocycles. The maximum Gasteiger partial charge on any atom is 0.224 e. The molecule has 0 unspecified atom stereocenters. The highest BCUT2D eigenvalue weighted by atomic mass is 35.5. The van der Waals surface area contributed by atoms with Crippen LogP contribution < -0.4 is 5.32 Å². The van der Waals surface area contributed by atoms with E-state index in [1.54, 1.807) is 30.5 Å². The van der Waals surface area contributed by atoms with Crippen molar-refractivity contribution in [2.45, 2.75) is 13.0 Å². The quantitative estimate of drug-likeness (QED) is 0.487. The minimum absolute atomic E-state index is 0.0542. The molecule has 4 aromatic rings. The van der Waals surface area contributed by atoms with Gasteiger partial charge in [0.25, 0.3) is 0 Å². The first-order valence-electron chi connectivity index (χ1n) is 9.26. The summed E-state index contributed by atoms with van der Waals surface area (Å²) in [5.74, 6) is 0.171. The SMILES string of the molecule is O=C(Cc1ccc(Cl)cc1)NCc1ccc(-c2cccc(O)c2)c2ccncc12. The monoisotopic (exact) mass is 402 g/mol. The molecule has 0 aliphatic heterocycles. The number of aromatic nitrogens is 1. The van der Waals surface area contributed by atoms with E-state index in [1.807, 2.05) is 48.7 Å². The lowest BCUT2D eigenvalue weighted by Crippen LogP contribution is -2.24. The average Bonchev–Trinajstić information content (AvgIpc) is 2.73. The van der Waals surface area contributed by atoms with Crippen molar-refractivity contribution in [1.82, 2.24) is 10.3 Å². The Morgan fingerprint density at radius 3 is 2.62 bits per heavy atom. The van der Waals surface area contributed by atoms with Gasteiger partial charge in [0.15, 0.2) is 0 Å². The van der Waals surface area contributed by atoms with Crippen LogP contribution in [0, 0.1) is 0 Å². The topological polar surface area (TPSA) is 62.2 Å². The number of rotatable bonds is 5. The molecule has 1 amide bonds. The number of aromatic hydroxyl groups is 1. The van der Waals surface area contributed by atoms with Crippen LogP contribution in [0.25, 0.3) is 21.9 Å². The fraction of sp³-hybridized carbons (Fsp3) is 0.0833. The highest BCUT2D eigenvalue weighted by Gasteiger charge is 2.10. The molecule has 0 fully saturated rings. The van der Waals surface area contributed by atoms with Crippen molar-refractivity contribution >= 4 is 28.3 Å². The van der Waals surface area contributed by atoms with Crippen molar-refractivity contribution in [3.63, 3.8) is 0 Å². The molecule has 3 aromatic carbocycles. The predicted molar refractivity (Wildman–Crippen MR) is 116 cm³/mol. The summed E-state index contributed by atoms with van der Waals surface area (Å²) in [6.07, 6.45) is 3.86. The van der Waals surface area contributed by atoms with E-state index >= 15 is 0 Å². The van der Waals surface area contributed by atoms with Crippen LogP contribution in [0.5, 0.6) is 5.75 Å². The fourth-order valence-corrected chi connectivity index (χ4v) is 3.50. The van der Waals surface area contributed by atoms with E-state index in [9.17, 15) is 9.90 Å². The third-order valence-electron chi connectivity index (χ3n) is 4.82. The van der Waals surface area contributed by atoms with Gasteiger partial charge in [-0.25, -0.2) is 0 Å². The number of benzene rings is 3. The second-order valence-corrected chi connectivity index (χ2v) is 7.26. The van der Waals surface area contributed by atoms with Gasteiger partial charge in [0.2, 0.25) is 5.91 Å². The van der Waals surface area contributed by atoms with Crippen LogP contribution in [0.1, 0.15) is 11.1 Å². The molecule has 1 aromatic heterocycles.